The van der Waals surface area contributed by atoms with Gasteiger partial charge in [-0.05, 0) is 24.6 Å². The average molecular weight is 442 g/mol. The number of aryl methyl sites for hydroxylation is 2. The van der Waals surface area contributed by atoms with Gasteiger partial charge in [0.2, 0.25) is 0 Å². The van der Waals surface area contributed by atoms with Gasteiger partial charge in [0.1, 0.15) is 11.6 Å². The number of aromatic nitrogens is 3. The fourth-order valence-corrected chi connectivity index (χ4v) is 4.35. The van der Waals surface area contributed by atoms with Crippen molar-refractivity contribution in [1.82, 2.24) is 14.1 Å². The van der Waals surface area contributed by atoms with Crippen LogP contribution in [0.15, 0.2) is 58.4 Å². The van der Waals surface area contributed by atoms with Crippen LogP contribution in [-0.2, 0) is 23.3 Å². The highest BCUT2D eigenvalue weighted by Crippen LogP contribution is 2.31. The highest BCUT2D eigenvalue weighted by Gasteiger charge is 2.22. The summed E-state index contributed by atoms with van der Waals surface area (Å²) in [5.41, 5.74) is 2.49. The van der Waals surface area contributed by atoms with E-state index in [-0.39, 0.29) is 17.0 Å². The zero-order valence-electron chi connectivity index (χ0n) is 17.1. The lowest BCUT2D eigenvalue weighted by atomic mass is 10.0. The van der Waals surface area contributed by atoms with Crippen LogP contribution in [0, 0.1) is 23.3 Å². The summed E-state index contributed by atoms with van der Waals surface area (Å²) in [4.78, 5) is 17.2. The highest BCUT2D eigenvalue weighted by atomic mass is 32.2. The van der Waals surface area contributed by atoms with Crippen LogP contribution in [0.2, 0.25) is 0 Å². The minimum absolute atomic E-state index is 0.235. The molecule has 0 aliphatic carbocycles. The lowest BCUT2D eigenvalue weighted by Crippen LogP contribution is -2.23. The number of benzene rings is 2. The summed E-state index contributed by atoms with van der Waals surface area (Å²) in [5.74, 6) is -1.90. The lowest BCUT2D eigenvalue weighted by Gasteiger charge is -2.13. The van der Waals surface area contributed by atoms with Crippen molar-refractivity contribution in [2.75, 3.05) is 6.26 Å². The van der Waals surface area contributed by atoms with Gasteiger partial charge in [-0.3, -0.25) is 14.1 Å². The molecule has 4 rings (SSSR count). The van der Waals surface area contributed by atoms with E-state index in [0.717, 1.165) is 24.0 Å². The molecular weight excluding hydrogens is 422 g/mol. The number of halogens is 2. The van der Waals surface area contributed by atoms with E-state index in [0.29, 0.717) is 22.3 Å². The van der Waals surface area contributed by atoms with Gasteiger partial charge in [0.05, 0.1) is 38.4 Å². The first-order valence-electron chi connectivity index (χ1n) is 9.41. The molecule has 2 aromatic carbocycles. The summed E-state index contributed by atoms with van der Waals surface area (Å²) in [6, 6.07) is 11.2. The molecule has 0 bridgehead atoms. The Balaban J connectivity index is 1.99. The van der Waals surface area contributed by atoms with Crippen LogP contribution in [0.25, 0.3) is 22.2 Å². The van der Waals surface area contributed by atoms with Crippen molar-refractivity contribution < 1.29 is 13.0 Å². The maximum absolute atomic E-state index is 14.8. The van der Waals surface area contributed by atoms with E-state index in [9.17, 15) is 17.8 Å². The smallest absolute Gasteiger partial charge is 0.293 e. The molecule has 1 unspecified atom stereocenters. The summed E-state index contributed by atoms with van der Waals surface area (Å²) in [6.45, 7) is 1.45. The third-order valence-electron chi connectivity index (χ3n) is 5.31. The monoisotopic (exact) mass is 442 g/mol. The van der Waals surface area contributed by atoms with Crippen molar-refractivity contribution in [2.24, 2.45) is 7.05 Å². The van der Waals surface area contributed by atoms with Crippen LogP contribution in [0.5, 0.6) is 0 Å². The van der Waals surface area contributed by atoms with E-state index in [1.807, 2.05) is 37.3 Å². The third kappa shape index (κ3) is 3.54. The number of pyridine rings is 1. The van der Waals surface area contributed by atoms with Crippen LogP contribution in [0.4, 0.5) is 8.78 Å². The summed E-state index contributed by atoms with van der Waals surface area (Å²) in [5, 5.41) is 0. The molecule has 0 fully saturated rings. The zero-order valence-corrected chi connectivity index (χ0v) is 18.0. The van der Waals surface area contributed by atoms with E-state index < -0.39 is 27.1 Å². The SMILES string of the molecule is Cc1ncc2c(c1-c1ccccc1)n(Cc1c(F)cc(S(C)(=N)=O)cc1F)c(=O)n2C. The number of imidazole rings is 1. The molecule has 0 amide bonds. The Morgan fingerprint density at radius 1 is 1.13 bits per heavy atom. The molecule has 4 aromatic rings. The van der Waals surface area contributed by atoms with Gasteiger partial charge in [0, 0.05) is 30.1 Å². The number of fused-ring (bicyclic) bond motifs is 1. The predicted molar refractivity (Wildman–Crippen MR) is 116 cm³/mol. The molecule has 0 aliphatic rings. The number of nitrogens with zero attached hydrogens (tertiary/aromatic N) is 3. The molecular formula is C22H20F2N4O2S. The van der Waals surface area contributed by atoms with Gasteiger partial charge in [-0.1, -0.05) is 30.3 Å². The number of nitrogens with one attached hydrogen (secondary N) is 1. The fraction of sp³-hybridized carbons (Fsp3) is 0.182. The van der Waals surface area contributed by atoms with Crippen molar-refractivity contribution in [3.8, 4) is 11.1 Å². The first kappa shape index (κ1) is 20.9. The molecule has 0 radical (unpaired) electrons. The molecule has 2 aromatic heterocycles. The average Bonchev–Trinajstić information content (AvgIpc) is 2.95. The molecule has 0 saturated carbocycles. The molecule has 6 nitrogen and oxygen atoms in total. The van der Waals surface area contributed by atoms with Gasteiger partial charge in [-0.2, -0.15) is 0 Å². The molecule has 160 valence electrons. The first-order chi connectivity index (χ1) is 14.6. The summed E-state index contributed by atoms with van der Waals surface area (Å²) in [6.07, 6.45) is 2.66. The van der Waals surface area contributed by atoms with Gasteiger partial charge >= 0.3 is 5.69 Å². The lowest BCUT2D eigenvalue weighted by molar-refractivity contribution is 0.536. The third-order valence-corrected chi connectivity index (χ3v) is 6.45. The number of hydrogen-bond acceptors (Lipinski definition) is 4. The van der Waals surface area contributed by atoms with Gasteiger partial charge < -0.3 is 0 Å². The Labute approximate surface area is 177 Å². The van der Waals surface area contributed by atoms with Crippen LogP contribution >= 0.6 is 0 Å². The Hall–Kier alpha value is -3.33. The van der Waals surface area contributed by atoms with Crippen LogP contribution in [-0.4, -0.2) is 24.6 Å². The molecule has 1 N–H and O–H groups in total. The van der Waals surface area contributed by atoms with Crippen molar-refractivity contribution in [3.63, 3.8) is 0 Å². The molecule has 31 heavy (non-hydrogen) atoms. The summed E-state index contributed by atoms with van der Waals surface area (Å²) < 4.78 is 51.8. The Morgan fingerprint density at radius 3 is 2.32 bits per heavy atom. The van der Waals surface area contributed by atoms with Gasteiger partial charge in [-0.25, -0.2) is 22.6 Å². The second kappa shape index (κ2) is 7.42. The first-order valence-corrected chi connectivity index (χ1v) is 11.4. The summed E-state index contributed by atoms with van der Waals surface area (Å²) in [7, 11) is -1.71. The van der Waals surface area contributed by atoms with E-state index in [2.05, 4.69) is 4.98 Å². The predicted octanol–water partition coefficient (Wildman–Crippen LogP) is 4.07. The minimum atomic E-state index is -3.29. The van der Waals surface area contributed by atoms with Crippen molar-refractivity contribution in [2.45, 2.75) is 18.4 Å². The minimum Gasteiger partial charge on any atom is -0.293 e. The normalized spacial score (nSPS) is 13.5. The number of rotatable bonds is 4. The Kier molecular flexibility index (Phi) is 5.01. The largest absolute Gasteiger partial charge is 0.329 e. The fourth-order valence-electron chi connectivity index (χ4n) is 3.69. The van der Waals surface area contributed by atoms with E-state index in [4.69, 9.17) is 4.78 Å². The summed E-state index contributed by atoms with van der Waals surface area (Å²) >= 11 is 0. The van der Waals surface area contributed by atoms with Gasteiger partial charge in [0.15, 0.2) is 0 Å². The Morgan fingerprint density at radius 2 is 1.74 bits per heavy atom. The van der Waals surface area contributed by atoms with Gasteiger partial charge in [0.25, 0.3) is 0 Å². The molecule has 1 atom stereocenters. The number of hydrogen-bond donors (Lipinski definition) is 1. The van der Waals surface area contributed by atoms with Crippen molar-refractivity contribution >= 4 is 20.8 Å². The topological polar surface area (TPSA) is 80.7 Å². The van der Waals surface area contributed by atoms with E-state index >= 15 is 0 Å². The standard InChI is InChI=1S/C22H20F2N4O2S/c1-13-20(14-7-5-4-6-8-14)21-19(11-26-13)27(2)22(29)28(21)12-16-17(23)9-15(10-18(16)24)31(3,25)30/h4-11,25H,12H2,1-3H3. The van der Waals surface area contributed by atoms with Crippen LogP contribution in [0.1, 0.15) is 11.3 Å². The molecule has 0 saturated heterocycles. The maximum Gasteiger partial charge on any atom is 0.329 e. The molecule has 9 heteroatoms. The second-order valence-corrected chi connectivity index (χ2v) is 9.61. The van der Waals surface area contributed by atoms with Gasteiger partial charge in [-0.15, -0.1) is 0 Å². The molecule has 0 spiro atoms. The van der Waals surface area contributed by atoms with Crippen LogP contribution in [0.3, 0.4) is 0 Å². The molecule has 2 heterocycles. The van der Waals surface area contributed by atoms with E-state index in [1.165, 1.54) is 9.13 Å². The van der Waals surface area contributed by atoms with E-state index in [1.54, 1.807) is 13.2 Å². The second-order valence-electron chi connectivity index (χ2n) is 7.46. The molecule has 0 aliphatic heterocycles. The zero-order chi connectivity index (χ0) is 22.5. The maximum atomic E-state index is 14.8. The Bertz CT molecular complexity index is 1470. The quantitative estimate of drug-likeness (QED) is 0.517. The van der Waals surface area contributed by atoms with Crippen molar-refractivity contribution in [1.29, 1.82) is 4.78 Å². The highest BCUT2D eigenvalue weighted by molar-refractivity contribution is 7.91. The van der Waals surface area contributed by atoms with Crippen LogP contribution < -0.4 is 5.69 Å². The van der Waals surface area contributed by atoms with Crippen molar-refractivity contribution in [3.05, 3.63) is 82.0 Å².